The Morgan fingerprint density at radius 3 is 2.52 bits per heavy atom. The fourth-order valence-electron chi connectivity index (χ4n) is 3.36. The Morgan fingerprint density at radius 1 is 0.963 bits per heavy atom. The summed E-state index contributed by atoms with van der Waals surface area (Å²) in [5, 5.41) is 3.74. The number of fused-ring (bicyclic) bond motifs is 1. The van der Waals surface area contributed by atoms with Crippen molar-refractivity contribution in [1.29, 1.82) is 0 Å². The summed E-state index contributed by atoms with van der Waals surface area (Å²) in [5.74, 6) is 1.41. The third-order valence-electron chi connectivity index (χ3n) is 4.85. The lowest BCUT2D eigenvalue weighted by atomic mass is 10.2. The first-order valence-corrected chi connectivity index (χ1v) is 9.16. The summed E-state index contributed by atoms with van der Waals surface area (Å²) in [5.41, 5.74) is 2.01. The van der Waals surface area contributed by atoms with Crippen molar-refractivity contribution in [1.82, 2.24) is 9.91 Å². The first-order valence-electron chi connectivity index (χ1n) is 9.16. The maximum absolute atomic E-state index is 11.7. The number of ether oxygens (including phenoxy) is 2. The largest absolute Gasteiger partial charge is 0.454 e. The van der Waals surface area contributed by atoms with Gasteiger partial charge in [-0.05, 0) is 17.7 Å². The van der Waals surface area contributed by atoms with Crippen LogP contribution in [0.3, 0.4) is 0 Å². The van der Waals surface area contributed by atoms with Crippen LogP contribution in [-0.2, 0) is 4.79 Å². The highest BCUT2D eigenvalue weighted by Gasteiger charge is 2.23. The van der Waals surface area contributed by atoms with Crippen molar-refractivity contribution in [2.24, 2.45) is 0 Å². The van der Waals surface area contributed by atoms with E-state index in [1.165, 1.54) is 5.56 Å². The molecular weight excluding hydrogens is 342 g/mol. The van der Waals surface area contributed by atoms with E-state index in [1.54, 1.807) is 5.01 Å². The van der Waals surface area contributed by atoms with Crippen molar-refractivity contribution >= 4 is 18.2 Å². The fourth-order valence-corrected chi connectivity index (χ4v) is 3.36. The summed E-state index contributed by atoms with van der Waals surface area (Å²) < 4.78 is 10.8. The number of nitrogens with zero attached hydrogens (tertiary/aromatic N) is 3. The second-order valence-electron chi connectivity index (χ2n) is 6.55. The van der Waals surface area contributed by atoms with Crippen molar-refractivity contribution in [3.8, 4) is 11.5 Å². The van der Waals surface area contributed by atoms with Crippen molar-refractivity contribution in [2.45, 2.75) is 0 Å². The Bertz CT molecular complexity index is 802. The summed E-state index contributed by atoms with van der Waals surface area (Å²) in [6.07, 6.45) is 5.21. The molecule has 0 atom stereocenters. The molecule has 1 amide bonds. The van der Waals surface area contributed by atoms with E-state index in [0.29, 0.717) is 5.75 Å². The van der Waals surface area contributed by atoms with E-state index in [2.05, 4.69) is 34.2 Å². The molecule has 0 aliphatic carbocycles. The molecule has 6 heteroatoms. The van der Waals surface area contributed by atoms with Crippen LogP contribution in [0.5, 0.6) is 11.5 Å². The van der Waals surface area contributed by atoms with Crippen molar-refractivity contribution < 1.29 is 14.3 Å². The van der Waals surface area contributed by atoms with Gasteiger partial charge in [0.1, 0.15) is 0 Å². The summed E-state index contributed by atoms with van der Waals surface area (Å²) in [6, 6.07) is 15.9. The second-order valence-corrected chi connectivity index (χ2v) is 6.55. The Labute approximate surface area is 159 Å². The van der Waals surface area contributed by atoms with Gasteiger partial charge in [-0.3, -0.25) is 9.69 Å². The minimum Gasteiger partial charge on any atom is -0.454 e. The van der Waals surface area contributed by atoms with Crippen LogP contribution in [0.2, 0.25) is 0 Å². The molecule has 0 bridgehead atoms. The van der Waals surface area contributed by atoms with Gasteiger partial charge < -0.3 is 9.47 Å². The predicted octanol–water partition coefficient (Wildman–Crippen LogP) is 2.62. The quantitative estimate of drug-likeness (QED) is 0.737. The van der Waals surface area contributed by atoms with E-state index >= 15 is 0 Å². The lowest BCUT2D eigenvalue weighted by Gasteiger charge is -2.39. The first-order chi connectivity index (χ1) is 13.3. The van der Waals surface area contributed by atoms with Gasteiger partial charge in [0.25, 0.3) is 0 Å². The molecule has 0 radical (unpaired) electrons. The monoisotopic (exact) mass is 365 g/mol. The highest BCUT2D eigenvalue weighted by atomic mass is 16.7. The number of carbonyl (C=O) groups excluding carboxylic acids is 1. The lowest BCUT2D eigenvalue weighted by Crippen LogP contribution is -2.53. The third kappa shape index (κ3) is 4.13. The van der Waals surface area contributed by atoms with Crippen LogP contribution in [0.25, 0.3) is 6.08 Å². The minimum atomic E-state index is 0.231. The molecule has 2 aliphatic rings. The van der Waals surface area contributed by atoms with Crippen LogP contribution >= 0.6 is 0 Å². The average Bonchev–Trinajstić information content (AvgIpc) is 3.19. The highest BCUT2D eigenvalue weighted by molar-refractivity contribution is 5.75. The SMILES string of the molecule is O=CN(c1ccc2c(c1)OCO2)N1CCN(CC=Cc2ccccc2)CC1. The van der Waals surface area contributed by atoms with Crippen LogP contribution in [0.15, 0.2) is 54.6 Å². The standard InChI is InChI=1S/C21H23N3O3/c25-16-24(19-8-9-20-21(15-19)27-17-26-20)23-13-11-22(12-14-23)10-4-7-18-5-2-1-3-6-18/h1-9,15-16H,10-14,17H2. The van der Waals surface area contributed by atoms with Gasteiger partial charge >= 0.3 is 0 Å². The van der Waals surface area contributed by atoms with Gasteiger partial charge in [-0.2, -0.15) is 0 Å². The molecular formula is C21H23N3O3. The van der Waals surface area contributed by atoms with E-state index in [4.69, 9.17) is 9.47 Å². The van der Waals surface area contributed by atoms with E-state index in [9.17, 15) is 4.79 Å². The van der Waals surface area contributed by atoms with Gasteiger partial charge in [-0.25, -0.2) is 10.0 Å². The predicted molar refractivity (Wildman–Crippen MR) is 105 cm³/mol. The van der Waals surface area contributed by atoms with Crippen molar-refractivity contribution in [3.05, 3.63) is 60.2 Å². The number of anilines is 1. The highest BCUT2D eigenvalue weighted by Crippen LogP contribution is 2.35. The summed E-state index contributed by atoms with van der Waals surface area (Å²) in [7, 11) is 0. The molecule has 0 unspecified atom stereocenters. The molecule has 2 aliphatic heterocycles. The molecule has 4 rings (SSSR count). The van der Waals surface area contributed by atoms with Crippen LogP contribution < -0.4 is 14.5 Å². The summed E-state index contributed by atoms with van der Waals surface area (Å²) in [4.78, 5) is 14.1. The molecule has 0 aromatic heterocycles. The number of hydrogen-bond donors (Lipinski definition) is 0. The third-order valence-corrected chi connectivity index (χ3v) is 4.85. The molecule has 0 N–H and O–H groups in total. The van der Waals surface area contributed by atoms with Gasteiger partial charge in [-0.15, -0.1) is 0 Å². The lowest BCUT2D eigenvalue weighted by molar-refractivity contribution is -0.110. The Kier molecular flexibility index (Phi) is 5.37. The van der Waals surface area contributed by atoms with Gasteiger partial charge in [0.2, 0.25) is 13.2 Å². The maximum atomic E-state index is 11.7. The zero-order valence-corrected chi connectivity index (χ0v) is 15.2. The summed E-state index contributed by atoms with van der Waals surface area (Å²) in [6.45, 7) is 4.56. The van der Waals surface area contributed by atoms with Gasteiger partial charge in [-0.1, -0.05) is 42.5 Å². The number of amides is 1. The Hall–Kier alpha value is -2.83. The molecule has 2 heterocycles. The van der Waals surface area contributed by atoms with Crippen LogP contribution in [0.1, 0.15) is 5.56 Å². The molecule has 0 saturated carbocycles. The molecule has 1 fully saturated rings. The second kappa shape index (κ2) is 8.24. The van der Waals surface area contributed by atoms with Crippen molar-refractivity contribution in [2.75, 3.05) is 44.5 Å². The van der Waals surface area contributed by atoms with Crippen LogP contribution in [0, 0.1) is 0 Å². The molecule has 1 saturated heterocycles. The summed E-state index contributed by atoms with van der Waals surface area (Å²) >= 11 is 0. The number of hydrazine groups is 1. The smallest absolute Gasteiger partial charge is 0.231 e. The zero-order valence-electron chi connectivity index (χ0n) is 15.2. The molecule has 0 spiro atoms. The Balaban J connectivity index is 1.32. The van der Waals surface area contributed by atoms with E-state index in [0.717, 1.165) is 50.6 Å². The minimum absolute atomic E-state index is 0.231. The fraction of sp³-hybridized carbons (Fsp3) is 0.286. The van der Waals surface area contributed by atoms with E-state index in [-0.39, 0.29) is 6.79 Å². The molecule has 27 heavy (non-hydrogen) atoms. The van der Waals surface area contributed by atoms with Gasteiger partial charge in [0, 0.05) is 38.8 Å². The van der Waals surface area contributed by atoms with Crippen LogP contribution in [0.4, 0.5) is 5.69 Å². The van der Waals surface area contributed by atoms with Crippen LogP contribution in [-0.4, -0.2) is 55.8 Å². The number of hydrogen-bond acceptors (Lipinski definition) is 5. The normalized spacial score (nSPS) is 17.3. The number of benzene rings is 2. The molecule has 140 valence electrons. The molecule has 2 aromatic rings. The number of carbonyl (C=O) groups is 1. The van der Waals surface area contributed by atoms with E-state index in [1.807, 2.05) is 36.4 Å². The number of piperazine rings is 1. The van der Waals surface area contributed by atoms with Gasteiger partial charge in [0.15, 0.2) is 11.5 Å². The Morgan fingerprint density at radius 2 is 1.74 bits per heavy atom. The number of rotatable bonds is 6. The molecule has 6 nitrogen and oxygen atoms in total. The maximum Gasteiger partial charge on any atom is 0.231 e. The first kappa shape index (κ1) is 17.6. The van der Waals surface area contributed by atoms with Crippen molar-refractivity contribution in [3.63, 3.8) is 0 Å². The van der Waals surface area contributed by atoms with E-state index < -0.39 is 0 Å². The van der Waals surface area contributed by atoms with Gasteiger partial charge in [0.05, 0.1) is 5.69 Å². The molecule has 2 aromatic carbocycles. The topological polar surface area (TPSA) is 45.3 Å². The average molecular weight is 365 g/mol. The zero-order chi connectivity index (χ0) is 18.5.